The van der Waals surface area contributed by atoms with E-state index in [2.05, 4.69) is 26.0 Å². The van der Waals surface area contributed by atoms with Crippen molar-refractivity contribution in [1.82, 2.24) is 15.2 Å². The smallest absolute Gasteiger partial charge is 0.263 e. The number of nitrogens with one attached hydrogen (secondary N) is 2. The summed E-state index contributed by atoms with van der Waals surface area (Å²) in [6, 6.07) is 18.2. The van der Waals surface area contributed by atoms with E-state index in [0.29, 0.717) is 27.5 Å². The number of hydrogen-bond donors (Lipinski definition) is 2. The average Bonchev–Trinajstić information content (AvgIpc) is 3.31. The van der Waals surface area contributed by atoms with E-state index in [1.165, 1.54) is 0 Å². The van der Waals surface area contributed by atoms with E-state index in [4.69, 9.17) is 0 Å². The molecule has 0 amide bonds. The molecule has 2 aromatic carbocycles. The predicted octanol–water partition coefficient (Wildman–Crippen LogP) is 4.49. The molecule has 0 aliphatic carbocycles. The van der Waals surface area contributed by atoms with Crippen molar-refractivity contribution in [2.24, 2.45) is 0 Å². The monoisotopic (exact) mass is 435 g/mol. The lowest BCUT2D eigenvalue weighted by molar-refractivity contribution is 0.601. The van der Waals surface area contributed by atoms with Crippen LogP contribution in [0.2, 0.25) is 0 Å². The Hall–Kier alpha value is -3.48. The number of aryl methyl sites for hydroxylation is 2. The van der Waals surface area contributed by atoms with Crippen LogP contribution in [0.1, 0.15) is 16.8 Å². The maximum Gasteiger partial charge on any atom is 0.263 e. The fourth-order valence-electron chi connectivity index (χ4n) is 2.98. The number of aromatic nitrogens is 3. The number of anilines is 1. The van der Waals surface area contributed by atoms with E-state index in [0.717, 1.165) is 22.5 Å². The molecule has 0 spiro atoms. The molecule has 0 saturated carbocycles. The summed E-state index contributed by atoms with van der Waals surface area (Å²) in [7, 11) is -3.76. The van der Waals surface area contributed by atoms with E-state index < -0.39 is 10.0 Å². The van der Waals surface area contributed by atoms with Crippen LogP contribution in [-0.4, -0.2) is 23.6 Å². The molecule has 150 valence electrons. The van der Waals surface area contributed by atoms with E-state index in [9.17, 15) is 13.7 Å². The summed E-state index contributed by atoms with van der Waals surface area (Å²) >= 11 is 1.15. The Morgan fingerprint density at radius 1 is 1.07 bits per heavy atom. The van der Waals surface area contributed by atoms with Crippen molar-refractivity contribution in [1.29, 1.82) is 5.26 Å². The first-order valence-corrected chi connectivity index (χ1v) is 11.3. The Morgan fingerprint density at radius 2 is 1.77 bits per heavy atom. The summed E-state index contributed by atoms with van der Waals surface area (Å²) < 4.78 is 27.9. The SMILES string of the molecule is Cc1ccc(S(=O)(=O)Nc2nc(C)c(-c3[nH]nc(-c4ccccc4)c3C#N)s2)cc1. The quantitative estimate of drug-likeness (QED) is 0.480. The van der Waals surface area contributed by atoms with E-state index >= 15 is 0 Å². The van der Waals surface area contributed by atoms with E-state index in [-0.39, 0.29) is 10.0 Å². The van der Waals surface area contributed by atoms with Crippen molar-refractivity contribution in [2.45, 2.75) is 18.7 Å². The van der Waals surface area contributed by atoms with Gasteiger partial charge in [0, 0.05) is 5.56 Å². The van der Waals surface area contributed by atoms with E-state index in [1.54, 1.807) is 31.2 Å². The summed E-state index contributed by atoms with van der Waals surface area (Å²) in [5, 5.41) is 17.2. The Bertz CT molecular complexity index is 1350. The molecule has 4 aromatic rings. The lowest BCUT2D eigenvalue weighted by atomic mass is 10.1. The maximum absolute atomic E-state index is 12.7. The topological polar surface area (TPSA) is 112 Å². The first-order valence-electron chi connectivity index (χ1n) is 9.00. The lowest BCUT2D eigenvalue weighted by Gasteiger charge is -2.05. The second-order valence-electron chi connectivity index (χ2n) is 6.65. The number of rotatable bonds is 5. The molecule has 0 fully saturated rings. The van der Waals surface area contributed by atoms with Gasteiger partial charge in [0.1, 0.15) is 17.3 Å². The molecule has 0 atom stereocenters. The summed E-state index contributed by atoms with van der Waals surface area (Å²) in [5.41, 5.74) is 3.84. The zero-order chi connectivity index (χ0) is 21.3. The maximum atomic E-state index is 12.7. The van der Waals surface area contributed by atoms with Gasteiger partial charge >= 0.3 is 0 Å². The normalized spacial score (nSPS) is 11.2. The molecule has 2 aromatic heterocycles. The average molecular weight is 436 g/mol. The van der Waals surface area contributed by atoms with Gasteiger partial charge in [0.15, 0.2) is 5.13 Å². The van der Waals surface area contributed by atoms with Gasteiger partial charge in [-0.05, 0) is 26.0 Å². The first kappa shape index (κ1) is 19.8. The number of nitrogens with zero attached hydrogens (tertiary/aromatic N) is 3. The minimum absolute atomic E-state index is 0.160. The second kappa shape index (κ2) is 7.74. The molecule has 4 rings (SSSR count). The highest BCUT2D eigenvalue weighted by atomic mass is 32.2. The van der Waals surface area contributed by atoms with Crippen molar-refractivity contribution >= 4 is 26.5 Å². The van der Waals surface area contributed by atoms with Crippen LogP contribution >= 0.6 is 11.3 Å². The number of hydrogen-bond acceptors (Lipinski definition) is 6. The predicted molar refractivity (Wildman–Crippen MR) is 117 cm³/mol. The molecular formula is C21H17N5O2S2. The molecule has 7 nitrogen and oxygen atoms in total. The van der Waals surface area contributed by atoms with Crippen molar-refractivity contribution < 1.29 is 8.42 Å². The van der Waals surface area contributed by atoms with Crippen molar-refractivity contribution in [2.75, 3.05) is 4.72 Å². The van der Waals surface area contributed by atoms with Crippen LogP contribution in [0.4, 0.5) is 5.13 Å². The van der Waals surface area contributed by atoms with Crippen molar-refractivity contribution in [3.8, 4) is 27.9 Å². The number of nitriles is 1. The molecule has 2 heterocycles. The Morgan fingerprint density at radius 3 is 2.43 bits per heavy atom. The summed E-state index contributed by atoms with van der Waals surface area (Å²) in [6.45, 7) is 3.65. The molecule has 0 saturated heterocycles. The van der Waals surface area contributed by atoms with Crippen LogP contribution in [0, 0.1) is 25.2 Å². The minimum Gasteiger partial charge on any atom is -0.275 e. The van der Waals surface area contributed by atoms with Gasteiger partial charge < -0.3 is 0 Å². The van der Waals surface area contributed by atoms with Crippen molar-refractivity contribution in [3.05, 3.63) is 71.4 Å². The largest absolute Gasteiger partial charge is 0.275 e. The zero-order valence-electron chi connectivity index (χ0n) is 16.2. The van der Waals surface area contributed by atoms with Crippen LogP contribution < -0.4 is 4.72 Å². The molecule has 0 radical (unpaired) electrons. The lowest BCUT2D eigenvalue weighted by Crippen LogP contribution is -2.12. The molecule has 0 aliphatic heterocycles. The van der Waals surface area contributed by atoms with Gasteiger partial charge in [0.05, 0.1) is 21.2 Å². The van der Waals surface area contributed by atoms with Gasteiger partial charge in [-0.2, -0.15) is 10.4 Å². The highest BCUT2D eigenvalue weighted by Crippen LogP contribution is 2.37. The molecule has 0 unspecified atom stereocenters. The summed E-state index contributed by atoms with van der Waals surface area (Å²) in [4.78, 5) is 5.16. The fourth-order valence-corrected chi connectivity index (χ4v) is 5.19. The highest BCUT2D eigenvalue weighted by molar-refractivity contribution is 7.93. The fraction of sp³-hybridized carbons (Fsp3) is 0.0952. The Kier molecular flexibility index (Phi) is 5.11. The zero-order valence-corrected chi connectivity index (χ0v) is 17.8. The second-order valence-corrected chi connectivity index (χ2v) is 9.33. The number of thiazole rings is 1. The molecule has 9 heteroatoms. The number of benzene rings is 2. The standard InChI is InChI=1S/C21H17N5O2S2/c1-13-8-10-16(11-9-13)30(27,28)26-21-23-14(2)20(29-21)19-17(12-22)18(24-25-19)15-6-4-3-5-7-15/h3-11H,1-2H3,(H,23,26)(H,24,25). The summed E-state index contributed by atoms with van der Waals surface area (Å²) in [6.07, 6.45) is 0. The third kappa shape index (κ3) is 3.70. The van der Waals surface area contributed by atoms with Gasteiger partial charge in [-0.1, -0.05) is 59.4 Å². The molecule has 2 N–H and O–H groups in total. The van der Waals surface area contributed by atoms with Gasteiger partial charge in [0.25, 0.3) is 10.0 Å². The van der Waals surface area contributed by atoms with Gasteiger partial charge in [-0.3, -0.25) is 9.82 Å². The Labute approximate surface area is 178 Å². The third-order valence-electron chi connectivity index (χ3n) is 4.50. The molecule has 0 bridgehead atoms. The first-order chi connectivity index (χ1) is 14.4. The van der Waals surface area contributed by atoms with Crippen LogP contribution in [0.15, 0.2) is 59.5 Å². The number of aromatic amines is 1. The van der Waals surface area contributed by atoms with Crippen molar-refractivity contribution in [3.63, 3.8) is 0 Å². The van der Waals surface area contributed by atoms with Crippen LogP contribution in [-0.2, 0) is 10.0 Å². The third-order valence-corrected chi connectivity index (χ3v) is 7.08. The van der Waals surface area contributed by atoms with Gasteiger partial charge in [-0.15, -0.1) is 0 Å². The summed E-state index contributed by atoms with van der Waals surface area (Å²) in [5.74, 6) is 0. The van der Waals surface area contributed by atoms with E-state index in [1.807, 2.05) is 37.3 Å². The minimum atomic E-state index is -3.76. The molecule has 30 heavy (non-hydrogen) atoms. The molecular weight excluding hydrogens is 418 g/mol. The van der Waals surface area contributed by atoms with Crippen LogP contribution in [0.3, 0.4) is 0 Å². The Balaban J connectivity index is 1.69. The van der Waals surface area contributed by atoms with Gasteiger partial charge in [-0.25, -0.2) is 13.4 Å². The van der Waals surface area contributed by atoms with Gasteiger partial charge in [0.2, 0.25) is 0 Å². The molecule has 0 aliphatic rings. The van der Waals surface area contributed by atoms with Crippen LogP contribution in [0.5, 0.6) is 0 Å². The van der Waals surface area contributed by atoms with Crippen LogP contribution in [0.25, 0.3) is 21.8 Å². The number of sulfonamides is 1. The number of H-pyrrole nitrogens is 1. The highest BCUT2D eigenvalue weighted by Gasteiger charge is 2.22.